The molecule has 3 aliphatic heterocycles. The van der Waals surface area contributed by atoms with Crippen molar-refractivity contribution in [3.05, 3.63) is 77.3 Å². The first-order valence-electron chi connectivity index (χ1n) is 12.1. The van der Waals surface area contributed by atoms with Crippen LogP contribution in [0, 0.1) is 12.7 Å². The summed E-state index contributed by atoms with van der Waals surface area (Å²) >= 11 is 0. The Hall–Kier alpha value is -4.01. The number of morpholine rings is 1. The van der Waals surface area contributed by atoms with Crippen molar-refractivity contribution in [2.75, 3.05) is 32.1 Å². The van der Waals surface area contributed by atoms with Gasteiger partial charge in [0.2, 0.25) is 5.84 Å². The smallest absolute Gasteiger partial charge is 0.211 e. The molecule has 3 aromatic rings. The standard InChI is InChI=1S/C27H26FN5O3/c1-17-12-32(16-30-17)22-6-3-18(9-23(22)34-2)10-24-25-31-35-15-27(33(25)14-26(36-24)7-8-26)13-29-21-11-19(28)4-5-20(21)27/h3-6,9-12,16,29H,7-8,13-15H2,1-2H3. The number of rotatable bonds is 3. The van der Waals surface area contributed by atoms with Gasteiger partial charge < -0.3 is 29.1 Å². The second kappa shape index (κ2) is 7.49. The molecule has 2 aromatic carbocycles. The van der Waals surface area contributed by atoms with Crippen LogP contribution < -0.4 is 10.1 Å². The van der Waals surface area contributed by atoms with E-state index in [2.05, 4.69) is 20.4 Å². The molecule has 9 heteroatoms. The predicted octanol–water partition coefficient (Wildman–Crippen LogP) is 4.20. The molecule has 1 N–H and O–H groups in total. The molecule has 4 aliphatic rings. The molecular weight excluding hydrogens is 461 g/mol. The van der Waals surface area contributed by atoms with E-state index in [1.165, 1.54) is 6.07 Å². The van der Waals surface area contributed by atoms with E-state index in [0.717, 1.165) is 46.8 Å². The lowest BCUT2D eigenvalue weighted by Crippen LogP contribution is -2.61. The van der Waals surface area contributed by atoms with E-state index in [1.54, 1.807) is 19.5 Å². The summed E-state index contributed by atoms with van der Waals surface area (Å²) in [6.07, 6.45) is 7.69. The number of oxime groups is 1. The Labute approximate surface area is 208 Å². The van der Waals surface area contributed by atoms with Crippen molar-refractivity contribution in [2.45, 2.75) is 30.9 Å². The number of benzene rings is 2. The molecule has 0 bridgehead atoms. The van der Waals surface area contributed by atoms with Crippen LogP contribution in [0.5, 0.6) is 5.75 Å². The highest BCUT2D eigenvalue weighted by Crippen LogP contribution is 2.51. The van der Waals surface area contributed by atoms with E-state index in [1.807, 2.05) is 48.0 Å². The maximum atomic E-state index is 13.9. The fourth-order valence-electron chi connectivity index (χ4n) is 5.50. The Morgan fingerprint density at radius 2 is 2.08 bits per heavy atom. The first-order valence-corrected chi connectivity index (χ1v) is 12.1. The highest BCUT2D eigenvalue weighted by Gasteiger charge is 2.59. The van der Waals surface area contributed by atoms with Crippen LogP contribution in [-0.4, -0.2) is 52.7 Å². The fourth-order valence-corrected chi connectivity index (χ4v) is 5.50. The number of halogens is 1. The van der Waals surface area contributed by atoms with Gasteiger partial charge in [-0.25, -0.2) is 9.37 Å². The number of aryl methyl sites for hydroxylation is 1. The van der Waals surface area contributed by atoms with Crippen molar-refractivity contribution in [1.29, 1.82) is 0 Å². The molecule has 0 radical (unpaired) electrons. The molecule has 1 aromatic heterocycles. The molecule has 184 valence electrons. The minimum absolute atomic E-state index is 0.240. The molecule has 2 fully saturated rings. The SMILES string of the molecule is COc1cc(C=C2OC3(CC3)CN3C2=NOCC32CNc3cc(F)ccc32)ccc1-n1cnc(C)c1. The molecule has 7 rings (SSSR count). The number of anilines is 1. The summed E-state index contributed by atoms with van der Waals surface area (Å²) in [6.45, 7) is 3.67. The van der Waals surface area contributed by atoms with Crippen LogP contribution in [0.3, 0.4) is 0 Å². The van der Waals surface area contributed by atoms with Crippen LogP contribution >= 0.6 is 0 Å². The van der Waals surface area contributed by atoms with Gasteiger partial charge in [-0.1, -0.05) is 17.3 Å². The van der Waals surface area contributed by atoms with Crippen molar-refractivity contribution in [3.63, 3.8) is 0 Å². The Morgan fingerprint density at radius 3 is 2.86 bits per heavy atom. The summed E-state index contributed by atoms with van der Waals surface area (Å²) in [5.74, 6) is 1.80. The van der Waals surface area contributed by atoms with Gasteiger partial charge in [0.25, 0.3) is 0 Å². The quantitative estimate of drug-likeness (QED) is 0.597. The largest absolute Gasteiger partial charge is 0.495 e. The number of methoxy groups -OCH3 is 1. The summed E-state index contributed by atoms with van der Waals surface area (Å²) in [5, 5.41) is 7.83. The highest BCUT2D eigenvalue weighted by molar-refractivity contribution is 6.02. The molecule has 1 unspecified atom stereocenters. The van der Waals surface area contributed by atoms with Gasteiger partial charge in [-0.15, -0.1) is 0 Å². The van der Waals surface area contributed by atoms with Crippen LogP contribution in [0.15, 0.2) is 59.8 Å². The summed E-state index contributed by atoms with van der Waals surface area (Å²) in [5.41, 5.74) is 3.88. The lowest BCUT2D eigenvalue weighted by Gasteiger charge is -2.49. The van der Waals surface area contributed by atoms with Gasteiger partial charge in [0.05, 0.1) is 31.4 Å². The van der Waals surface area contributed by atoms with Crippen LogP contribution in [0.1, 0.15) is 29.7 Å². The maximum Gasteiger partial charge on any atom is 0.211 e. The number of amidine groups is 1. The fraction of sp³-hybridized carbons (Fsp3) is 0.333. The summed E-state index contributed by atoms with van der Waals surface area (Å²) in [4.78, 5) is 12.4. The molecule has 1 saturated carbocycles. The number of imidazole rings is 1. The monoisotopic (exact) mass is 487 g/mol. The zero-order valence-electron chi connectivity index (χ0n) is 20.1. The first kappa shape index (κ1) is 21.3. The van der Waals surface area contributed by atoms with Gasteiger partial charge in [-0.05, 0) is 55.7 Å². The minimum Gasteiger partial charge on any atom is -0.495 e. The van der Waals surface area contributed by atoms with Crippen molar-refractivity contribution in [3.8, 4) is 11.4 Å². The van der Waals surface area contributed by atoms with Gasteiger partial charge in [0.1, 0.15) is 29.3 Å². The van der Waals surface area contributed by atoms with Gasteiger partial charge in [0.15, 0.2) is 5.76 Å². The summed E-state index contributed by atoms with van der Waals surface area (Å²) in [6, 6.07) is 10.9. The average molecular weight is 488 g/mol. The predicted molar refractivity (Wildman–Crippen MR) is 133 cm³/mol. The number of nitrogens with zero attached hydrogens (tertiary/aromatic N) is 4. The molecule has 0 amide bonds. The summed E-state index contributed by atoms with van der Waals surface area (Å²) in [7, 11) is 1.66. The maximum absolute atomic E-state index is 13.9. The van der Waals surface area contributed by atoms with E-state index < -0.39 is 5.54 Å². The van der Waals surface area contributed by atoms with Crippen molar-refractivity contribution in [1.82, 2.24) is 14.5 Å². The molecular formula is C27H26FN5O3. The number of fused-ring (bicyclic) bond motifs is 4. The second-order valence-electron chi connectivity index (χ2n) is 10.00. The molecule has 1 saturated heterocycles. The third-order valence-electron chi connectivity index (χ3n) is 7.57. The number of aromatic nitrogens is 2. The average Bonchev–Trinajstić information content (AvgIpc) is 3.31. The lowest BCUT2D eigenvalue weighted by molar-refractivity contribution is -0.0433. The lowest BCUT2D eigenvalue weighted by atomic mass is 9.88. The van der Waals surface area contributed by atoms with E-state index >= 15 is 0 Å². The van der Waals surface area contributed by atoms with Gasteiger partial charge in [-0.3, -0.25) is 0 Å². The normalized spacial score (nSPS) is 24.0. The molecule has 8 nitrogen and oxygen atoms in total. The number of nitrogens with one attached hydrogen (secondary N) is 1. The van der Waals surface area contributed by atoms with E-state index in [-0.39, 0.29) is 11.4 Å². The first-order chi connectivity index (χ1) is 17.5. The second-order valence-corrected chi connectivity index (χ2v) is 10.00. The van der Waals surface area contributed by atoms with Crippen LogP contribution in [-0.2, 0) is 15.1 Å². The Morgan fingerprint density at radius 1 is 1.19 bits per heavy atom. The molecule has 1 aliphatic carbocycles. The van der Waals surface area contributed by atoms with Crippen LogP contribution in [0.25, 0.3) is 11.8 Å². The van der Waals surface area contributed by atoms with Gasteiger partial charge in [0, 0.05) is 24.0 Å². The summed E-state index contributed by atoms with van der Waals surface area (Å²) < 4.78 is 28.1. The van der Waals surface area contributed by atoms with E-state index in [9.17, 15) is 4.39 Å². The zero-order chi connectivity index (χ0) is 24.5. The van der Waals surface area contributed by atoms with Crippen LogP contribution in [0.4, 0.5) is 10.1 Å². The van der Waals surface area contributed by atoms with Crippen molar-refractivity contribution >= 4 is 17.6 Å². The number of hydrogen-bond acceptors (Lipinski definition) is 7. The Balaban J connectivity index is 1.29. The van der Waals surface area contributed by atoms with Crippen molar-refractivity contribution in [2.24, 2.45) is 5.16 Å². The molecule has 36 heavy (non-hydrogen) atoms. The van der Waals surface area contributed by atoms with E-state index in [4.69, 9.17) is 14.3 Å². The Kier molecular flexibility index (Phi) is 4.43. The minimum atomic E-state index is -0.473. The Bertz CT molecular complexity index is 1440. The van der Waals surface area contributed by atoms with E-state index in [0.29, 0.717) is 31.3 Å². The third-order valence-corrected chi connectivity index (χ3v) is 7.57. The zero-order valence-corrected chi connectivity index (χ0v) is 20.1. The van der Waals surface area contributed by atoms with Gasteiger partial charge in [-0.2, -0.15) is 0 Å². The van der Waals surface area contributed by atoms with Crippen LogP contribution in [0.2, 0.25) is 0 Å². The number of hydrogen-bond donors (Lipinski definition) is 1. The van der Waals surface area contributed by atoms with Crippen molar-refractivity contribution < 1.29 is 18.7 Å². The molecule has 2 spiro atoms. The number of ether oxygens (including phenoxy) is 2. The highest BCUT2D eigenvalue weighted by atomic mass is 19.1. The molecule has 4 heterocycles. The third kappa shape index (κ3) is 3.18. The molecule has 1 atom stereocenters. The topological polar surface area (TPSA) is 73.1 Å². The van der Waals surface area contributed by atoms with Gasteiger partial charge >= 0.3 is 0 Å².